The molecule has 1 unspecified atom stereocenters. The number of carbonyl (C=O) groups excluding carboxylic acids is 1. The van der Waals surface area contributed by atoms with E-state index in [-0.39, 0.29) is 29.9 Å². The lowest BCUT2D eigenvalue weighted by atomic mass is 10.1. The van der Waals surface area contributed by atoms with Crippen molar-refractivity contribution in [3.8, 4) is 0 Å². The number of halogens is 1. The topological polar surface area (TPSA) is 56.7 Å². The molecule has 0 saturated heterocycles. The molecule has 1 aliphatic rings. The highest BCUT2D eigenvalue weighted by molar-refractivity contribution is 14.0. The van der Waals surface area contributed by atoms with Gasteiger partial charge in [0.1, 0.15) is 0 Å². The second-order valence-electron chi connectivity index (χ2n) is 5.31. The number of rotatable bonds is 4. The fourth-order valence-corrected chi connectivity index (χ4v) is 2.10. The molecular formula is C15H23IN4O. The number of hydrogen-bond donors (Lipinski definition) is 2. The van der Waals surface area contributed by atoms with Crippen LogP contribution >= 0.6 is 24.0 Å². The SMILES string of the molecule is CC1CN=C(NCCc2cccc(C(=O)N(C)C)c2)N1.I. The lowest BCUT2D eigenvalue weighted by Crippen LogP contribution is -2.38. The Morgan fingerprint density at radius 1 is 1.48 bits per heavy atom. The highest BCUT2D eigenvalue weighted by atomic mass is 127. The second-order valence-corrected chi connectivity index (χ2v) is 5.31. The number of aliphatic imine (C=N–C) groups is 1. The van der Waals surface area contributed by atoms with Gasteiger partial charge in [-0.15, -0.1) is 24.0 Å². The Balaban J connectivity index is 0.00000220. The van der Waals surface area contributed by atoms with Crippen LogP contribution in [0.2, 0.25) is 0 Å². The van der Waals surface area contributed by atoms with Gasteiger partial charge >= 0.3 is 0 Å². The van der Waals surface area contributed by atoms with Crippen LogP contribution in [-0.2, 0) is 6.42 Å². The van der Waals surface area contributed by atoms with E-state index in [1.54, 1.807) is 19.0 Å². The van der Waals surface area contributed by atoms with Gasteiger partial charge in [-0.05, 0) is 31.0 Å². The van der Waals surface area contributed by atoms with E-state index < -0.39 is 0 Å². The zero-order valence-corrected chi connectivity index (χ0v) is 15.0. The van der Waals surface area contributed by atoms with Crippen LogP contribution in [0.4, 0.5) is 0 Å². The largest absolute Gasteiger partial charge is 0.356 e. The minimum atomic E-state index is 0. The van der Waals surface area contributed by atoms with E-state index in [0.29, 0.717) is 6.04 Å². The van der Waals surface area contributed by atoms with Gasteiger partial charge in [0.05, 0.1) is 6.54 Å². The Hall–Kier alpha value is -1.31. The van der Waals surface area contributed by atoms with E-state index in [0.717, 1.165) is 36.6 Å². The zero-order valence-electron chi connectivity index (χ0n) is 12.7. The highest BCUT2D eigenvalue weighted by Gasteiger charge is 2.11. The van der Waals surface area contributed by atoms with E-state index in [1.165, 1.54) is 0 Å². The number of nitrogens with zero attached hydrogens (tertiary/aromatic N) is 2. The number of benzene rings is 1. The molecule has 5 nitrogen and oxygen atoms in total. The molecular weight excluding hydrogens is 379 g/mol. The molecule has 1 aliphatic heterocycles. The van der Waals surface area contributed by atoms with Gasteiger partial charge in [0, 0.05) is 32.2 Å². The number of hydrogen-bond acceptors (Lipinski definition) is 4. The monoisotopic (exact) mass is 402 g/mol. The normalized spacial score (nSPS) is 16.5. The van der Waals surface area contributed by atoms with Crippen LogP contribution in [0.5, 0.6) is 0 Å². The van der Waals surface area contributed by atoms with Gasteiger partial charge in [-0.25, -0.2) is 0 Å². The summed E-state index contributed by atoms with van der Waals surface area (Å²) in [5.41, 5.74) is 1.88. The van der Waals surface area contributed by atoms with Crippen LogP contribution < -0.4 is 10.6 Å². The summed E-state index contributed by atoms with van der Waals surface area (Å²) in [7, 11) is 3.53. The van der Waals surface area contributed by atoms with Crippen molar-refractivity contribution in [3.63, 3.8) is 0 Å². The van der Waals surface area contributed by atoms with Crippen LogP contribution in [0.3, 0.4) is 0 Å². The summed E-state index contributed by atoms with van der Waals surface area (Å²) in [5.74, 6) is 0.911. The molecule has 1 heterocycles. The van der Waals surface area contributed by atoms with Crippen molar-refractivity contribution >= 4 is 35.8 Å². The fourth-order valence-electron chi connectivity index (χ4n) is 2.10. The first-order valence-electron chi connectivity index (χ1n) is 6.91. The molecule has 116 valence electrons. The van der Waals surface area contributed by atoms with E-state index in [1.807, 2.05) is 24.3 Å². The lowest BCUT2D eigenvalue weighted by Gasteiger charge is -2.12. The third-order valence-electron chi connectivity index (χ3n) is 3.19. The minimum Gasteiger partial charge on any atom is -0.356 e. The maximum absolute atomic E-state index is 11.9. The standard InChI is InChI=1S/C15H22N4O.HI/c1-11-10-17-15(18-11)16-8-7-12-5-4-6-13(9-12)14(20)19(2)3;/h4-6,9,11H,7-8,10H2,1-3H3,(H2,16,17,18);1H. The summed E-state index contributed by atoms with van der Waals surface area (Å²) in [5, 5.41) is 6.54. The number of guanidine groups is 1. The number of carbonyl (C=O) groups is 1. The van der Waals surface area contributed by atoms with E-state index in [2.05, 4.69) is 22.5 Å². The first-order chi connectivity index (χ1) is 9.56. The third kappa shape index (κ3) is 5.18. The molecule has 0 aromatic heterocycles. The average molecular weight is 402 g/mol. The molecule has 6 heteroatoms. The van der Waals surface area contributed by atoms with Gasteiger partial charge in [0.25, 0.3) is 5.91 Å². The molecule has 1 atom stereocenters. The summed E-state index contributed by atoms with van der Waals surface area (Å²) >= 11 is 0. The molecule has 0 aliphatic carbocycles. The molecule has 0 spiro atoms. The van der Waals surface area contributed by atoms with Gasteiger partial charge in [0.2, 0.25) is 0 Å². The van der Waals surface area contributed by atoms with E-state index >= 15 is 0 Å². The Labute approximate surface area is 143 Å². The lowest BCUT2D eigenvalue weighted by molar-refractivity contribution is 0.0827. The molecule has 0 saturated carbocycles. The molecule has 0 radical (unpaired) electrons. The van der Waals surface area contributed by atoms with Crippen LogP contribution in [0.25, 0.3) is 0 Å². The Morgan fingerprint density at radius 3 is 2.86 bits per heavy atom. The summed E-state index contributed by atoms with van der Waals surface area (Å²) in [4.78, 5) is 17.8. The molecule has 1 aromatic rings. The minimum absolute atomic E-state index is 0. The van der Waals surface area contributed by atoms with E-state index in [9.17, 15) is 4.79 Å². The first kappa shape index (κ1) is 17.7. The van der Waals surface area contributed by atoms with Crippen molar-refractivity contribution < 1.29 is 4.79 Å². The van der Waals surface area contributed by atoms with Gasteiger partial charge in [-0.3, -0.25) is 9.79 Å². The molecule has 1 amide bonds. The molecule has 0 bridgehead atoms. The summed E-state index contributed by atoms with van der Waals surface area (Å²) in [6.07, 6.45) is 0.865. The first-order valence-corrected chi connectivity index (χ1v) is 6.91. The summed E-state index contributed by atoms with van der Waals surface area (Å²) in [6.45, 7) is 3.74. The Kier molecular flexibility index (Phi) is 6.94. The number of nitrogens with one attached hydrogen (secondary N) is 2. The van der Waals surface area contributed by atoms with Gasteiger partial charge < -0.3 is 15.5 Å². The number of amides is 1. The van der Waals surface area contributed by atoms with E-state index in [4.69, 9.17) is 0 Å². The van der Waals surface area contributed by atoms with Gasteiger partial charge in [-0.2, -0.15) is 0 Å². The molecule has 2 N–H and O–H groups in total. The van der Waals surface area contributed by atoms with Crippen molar-refractivity contribution in [2.24, 2.45) is 4.99 Å². The van der Waals surface area contributed by atoms with Crippen LogP contribution in [0, 0.1) is 0 Å². The third-order valence-corrected chi connectivity index (χ3v) is 3.19. The molecule has 1 aromatic carbocycles. The van der Waals surface area contributed by atoms with Crippen LogP contribution in [-0.4, -0.2) is 50.0 Å². The summed E-state index contributed by atoms with van der Waals surface area (Å²) < 4.78 is 0. The molecule has 2 rings (SSSR count). The van der Waals surface area contributed by atoms with Gasteiger partial charge in [-0.1, -0.05) is 12.1 Å². The predicted octanol–water partition coefficient (Wildman–Crippen LogP) is 1.49. The molecule has 21 heavy (non-hydrogen) atoms. The van der Waals surface area contributed by atoms with Gasteiger partial charge in [0.15, 0.2) is 5.96 Å². The highest BCUT2D eigenvalue weighted by Crippen LogP contribution is 2.07. The fraction of sp³-hybridized carbons (Fsp3) is 0.467. The van der Waals surface area contributed by atoms with Crippen LogP contribution in [0.15, 0.2) is 29.3 Å². The summed E-state index contributed by atoms with van der Waals surface area (Å²) in [6, 6.07) is 8.19. The van der Waals surface area contributed by atoms with Crippen LogP contribution in [0.1, 0.15) is 22.8 Å². The van der Waals surface area contributed by atoms with Crippen molar-refractivity contribution in [1.29, 1.82) is 0 Å². The van der Waals surface area contributed by atoms with Crippen molar-refractivity contribution in [2.45, 2.75) is 19.4 Å². The van der Waals surface area contributed by atoms with Crippen molar-refractivity contribution in [3.05, 3.63) is 35.4 Å². The Bertz CT molecular complexity index is 516. The Morgan fingerprint density at radius 2 is 2.24 bits per heavy atom. The smallest absolute Gasteiger partial charge is 0.253 e. The maximum atomic E-state index is 11.9. The maximum Gasteiger partial charge on any atom is 0.253 e. The average Bonchev–Trinajstić information content (AvgIpc) is 2.84. The van der Waals surface area contributed by atoms with Crippen molar-refractivity contribution in [2.75, 3.05) is 27.2 Å². The van der Waals surface area contributed by atoms with Crippen molar-refractivity contribution in [1.82, 2.24) is 15.5 Å². The second kappa shape index (κ2) is 8.21. The predicted molar refractivity (Wildman–Crippen MR) is 96.5 cm³/mol. The molecule has 0 fully saturated rings. The quantitative estimate of drug-likeness (QED) is 0.751. The zero-order chi connectivity index (χ0) is 14.5.